The number of fused-ring (bicyclic) bond motifs is 1. The Labute approximate surface area is 187 Å². The van der Waals surface area contributed by atoms with Gasteiger partial charge in [0.2, 0.25) is 11.8 Å². The molecule has 1 unspecified atom stereocenters. The number of carbonyl (C=O) groups is 4. The van der Waals surface area contributed by atoms with E-state index in [4.69, 9.17) is 0 Å². The van der Waals surface area contributed by atoms with Gasteiger partial charge in [0.25, 0.3) is 11.8 Å². The molecule has 0 aromatic heterocycles. The molecule has 0 spiro atoms. The second-order valence-electron chi connectivity index (χ2n) is 8.09. The van der Waals surface area contributed by atoms with Crippen molar-refractivity contribution in [2.24, 2.45) is 0 Å². The first-order valence-corrected chi connectivity index (χ1v) is 10.5. The highest BCUT2D eigenvalue weighted by molar-refractivity contribution is 6.02. The fourth-order valence-electron chi connectivity index (χ4n) is 3.76. The summed E-state index contributed by atoms with van der Waals surface area (Å²) in [5.74, 6) is -1.57. The number of hydrogen-bond donors (Lipinski definition) is 2. The van der Waals surface area contributed by atoms with Crippen molar-refractivity contribution >= 4 is 23.6 Å². The Morgan fingerprint density at radius 3 is 2.25 bits per heavy atom. The first-order valence-electron chi connectivity index (χ1n) is 10.5. The number of hydrogen-bond acceptors (Lipinski definition) is 4. The maximum absolute atomic E-state index is 13.2. The van der Waals surface area contributed by atoms with Gasteiger partial charge in [-0.05, 0) is 38.0 Å². The molecule has 0 fully saturated rings. The first-order chi connectivity index (χ1) is 15.2. The molecule has 2 N–H and O–H groups in total. The van der Waals surface area contributed by atoms with Gasteiger partial charge in [-0.2, -0.15) is 0 Å². The zero-order valence-electron chi connectivity index (χ0n) is 18.7. The normalized spacial score (nSPS) is 17.0. The van der Waals surface area contributed by atoms with Gasteiger partial charge in [-0.1, -0.05) is 48.5 Å². The SMILES string of the molecule is CC(C)N1C(=O)c2ccccc2C(NC(=O)[C@H](C)NC(=O)Cc2ccccc2)C(=O)N1C. The molecule has 168 valence electrons. The van der Waals surface area contributed by atoms with Crippen molar-refractivity contribution in [2.45, 2.75) is 45.3 Å². The second kappa shape index (κ2) is 9.64. The predicted octanol–water partition coefficient (Wildman–Crippen LogP) is 1.83. The van der Waals surface area contributed by atoms with Gasteiger partial charge in [0.1, 0.15) is 12.1 Å². The molecule has 0 saturated heterocycles. The zero-order valence-corrected chi connectivity index (χ0v) is 18.7. The van der Waals surface area contributed by atoms with Crippen molar-refractivity contribution in [3.63, 3.8) is 0 Å². The summed E-state index contributed by atoms with van der Waals surface area (Å²) < 4.78 is 0. The van der Waals surface area contributed by atoms with Crippen LogP contribution in [0.3, 0.4) is 0 Å². The van der Waals surface area contributed by atoms with E-state index >= 15 is 0 Å². The second-order valence-corrected chi connectivity index (χ2v) is 8.09. The van der Waals surface area contributed by atoms with Crippen molar-refractivity contribution in [3.05, 3.63) is 71.3 Å². The average Bonchev–Trinajstić information content (AvgIpc) is 2.83. The van der Waals surface area contributed by atoms with Crippen LogP contribution < -0.4 is 10.6 Å². The Morgan fingerprint density at radius 1 is 0.969 bits per heavy atom. The number of rotatable bonds is 6. The number of benzene rings is 2. The summed E-state index contributed by atoms with van der Waals surface area (Å²) in [6, 6.07) is 13.8. The third-order valence-corrected chi connectivity index (χ3v) is 5.35. The number of hydrazine groups is 1. The lowest BCUT2D eigenvalue weighted by Gasteiger charge is -2.34. The van der Waals surface area contributed by atoms with E-state index in [9.17, 15) is 19.2 Å². The molecule has 1 heterocycles. The van der Waals surface area contributed by atoms with Gasteiger partial charge >= 0.3 is 0 Å². The number of amides is 4. The monoisotopic (exact) mass is 436 g/mol. The van der Waals surface area contributed by atoms with Crippen LogP contribution >= 0.6 is 0 Å². The third kappa shape index (κ3) is 4.80. The Morgan fingerprint density at radius 2 is 1.59 bits per heavy atom. The predicted molar refractivity (Wildman–Crippen MR) is 119 cm³/mol. The van der Waals surface area contributed by atoms with Crippen LogP contribution in [-0.2, 0) is 20.8 Å². The summed E-state index contributed by atoms with van der Waals surface area (Å²) >= 11 is 0. The molecule has 4 amide bonds. The van der Waals surface area contributed by atoms with E-state index in [1.54, 1.807) is 31.2 Å². The minimum absolute atomic E-state index is 0.143. The van der Waals surface area contributed by atoms with E-state index in [2.05, 4.69) is 10.6 Å². The van der Waals surface area contributed by atoms with Crippen LogP contribution in [0.2, 0.25) is 0 Å². The maximum Gasteiger partial charge on any atom is 0.273 e. The van der Waals surface area contributed by atoms with E-state index in [1.807, 2.05) is 44.2 Å². The Kier molecular flexibility index (Phi) is 6.92. The van der Waals surface area contributed by atoms with E-state index in [0.717, 1.165) is 5.56 Å². The Bertz CT molecular complexity index is 1020. The van der Waals surface area contributed by atoms with Gasteiger partial charge in [0.05, 0.1) is 6.42 Å². The first kappa shape index (κ1) is 23.0. The van der Waals surface area contributed by atoms with Crippen LogP contribution in [0.4, 0.5) is 0 Å². The molecule has 0 aliphatic carbocycles. The van der Waals surface area contributed by atoms with Gasteiger partial charge in [0, 0.05) is 18.7 Å². The number of nitrogens with one attached hydrogen (secondary N) is 2. The highest BCUT2D eigenvalue weighted by Gasteiger charge is 2.39. The molecular formula is C24H28N4O4. The van der Waals surface area contributed by atoms with Crippen LogP contribution in [0.15, 0.2) is 54.6 Å². The van der Waals surface area contributed by atoms with Crippen LogP contribution in [0.5, 0.6) is 0 Å². The van der Waals surface area contributed by atoms with Gasteiger partial charge in [-0.25, -0.2) is 5.01 Å². The van der Waals surface area contributed by atoms with Gasteiger partial charge < -0.3 is 10.6 Å². The molecule has 1 aliphatic rings. The molecule has 2 aromatic rings. The molecule has 0 saturated carbocycles. The van der Waals surface area contributed by atoms with Crippen molar-refractivity contribution in [2.75, 3.05) is 7.05 Å². The summed E-state index contributed by atoms with van der Waals surface area (Å²) in [7, 11) is 1.51. The number of likely N-dealkylation sites (N-methyl/N-ethyl adjacent to an activating group) is 1. The van der Waals surface area contributed by atoms with Crippen molar-refractivity contribution < 1.29 is 19.2 Å². The minimum Gasteiger partial charge on any atom is -0.344 e. The molecule has 0 bridgehead atoms. The van der Waals surface area contributed by atoms with Crippen molar-refractivity contribution in [1.82, 2.24) is 20.7 Å². The standard InChI is InChI=1S/C24H28N4O4/c1-15(2)28-23(31)19-13-9-8-12-18(19)21(24(32)27(28)4)26-22(30)16(3)25-20(29)14-17-10-6-5-7-11-17/h5-13,15-16,21H,14H2,1-4H3,(H,25,29)(H,26,30)/t16-,21?/m0/s1. The van der Waals surface area contributed by atoms with Crippen LogP contribution in [0.25, 0.3) is 0 Å². The number of nitrogens with zero attached hydrogens (tertiary/aromatic N) is 2. The van der Waals surface area contributed by atoms with Crippen molar-refractivity contribution in [3.8, 4) is 0 Å². The average molecular weight is 437 g/mol. The Balaban J connectivity index is 1.78. The fraction of sp³-hybridized carbons (Fsp3) is 0.333. The van der Waals surface area contributed by atoms with Crippen LogP contribution in [-0.4, -0.2) is 52.8 Å². The molecular weight excluding hydrogens is 408 g/mol. The van der Waals surface area contributed by atoms with Gasteiger partial charge in [0.15, 0.2) is 0 Å². The molecule has 2 atom stereocenters. The molecule has 32 heavy (non-hydrogen) atoms. The quantitative estimate of drug-likeness (QED) is 0.722. The largest absolute Gasteiger partial charge is 0.344 e. The summed E-state index contributed by atoms with van der Waals surface area (Å²) in [6.07, 6.45) is 0.143. The van der Waals surface area contributed by atoms with E-state index < -0.39 is 23.9 Å². The molecule has 8 nitrogen and oxygen atoms in total. The minimum atomic E-state index is -1.05. The zero-order chi connectivity index (χ0) is 23.4. The lowest BCUT2D eigenvalue weighted by Crippen LogP contribution is -2.53. The lowest BCUT2D eigenvalue weighted by molar-refractivity contribution is -0.147. The highest BCUT2D eigenvalue weighted by Crippen LogP contribution is 2.27. The van der Waals surface area contributed by atoms with E-state index in [1.165, 1.54) is 17.1 Å². The number of carbonyl (C=O) groups excluding carboxylic acids is 4. The topological polar surface area (TPSA) is 98.8 Å². The van der Waals surface area contributed by atoms with E-state index in [0.29, 0.717) is 11.1 Å². The third-order valence-electron chi connectivity index (χ3n) is 5.35. The van der Waals surface area contributed by atoms with Crippen LogP contribution in [0.1, 0.15) is 48.3 Å². The summed E-state index contributed by atoms with van der Waals surface area (Å²) in [6.45, 7) is 5.18. The smallest absolute Gasteiger partial charge is 0.273 e. The molecule has 0 radical (unpaired) electrons. The fourth-order valence-corrected chi connectivity index (χ4v) is 3.76. The summed E-state index contributed by atoms with van der Waals surface area (Å²) in [5.41, 5.74) is 1.61. The molecule has 8 heteroatoms. The highest BCUT2D eigenvalue weighted by atomic mass is 16.2. The van der Waals surface area contributed by atoms with Gasteiger partial charge in [-0.3, -0.25) is 24.2 Å². The maximum atomic E-state index is 13.2. The van der Waals surface area contributed by atoms with Crippen molar-refractivity contribution in [1.29, 1.82) is 0 Å². The molecule has 2 aromatic carbocycles. The van der Waals surface area contributed by atoms with Crippen LogP contribution in [0, 0.1) is 0 Å². The lowest BCUT2D eigenvalue weighted by atomic mass is 9.99. The van der Waals surface area contributed by atoms with E-state index in [-0.39, 0.29) is 24.3 Å². The molecule has 3 rings (SSSR count). The summed E-state index contributed by atoms with van der Waals surface area (Å²) in [4.78, 5) is 51.5. The summed E-state index contributed by atoms with van der Waals surface area (Å²) in [5, 5.41) is 8.01. The van der Waals surface area contributed by atoms with Gasteiger partial charge in [-0.15, -0.1) is 0 Å². The molecule has 1 aliphatic heterocycles. The Hall–Kier alpha value is -3.68.